The van der Waals surface area contributed by atoms with E-state index < -0.39 is 6.04 Å². The molecule has 1 saturated heterocycles. The van der Waals surface area contributed by atoms with Gasteiger partial charge in [-0.1, -0.05) is 42.5 Å². The van der Waals surface area contributed by atoms with E-state index in [2.05, 4.69) is 34.6 Å². The Hall–Kier alpha value is -3.51. The Balaban J connectivity index is 1.25. The summed E-state index contributed by atoms with van der Waals surface area (Å²) in [6.07, 6.45) is 6.64. The number of aromatic nitrogens is 1. The monoisotopic (exact) mass is 442 g/mol. The molecule has 33 heavy (non-hydrogen) atoms. The molecule has 3 N–H and O–H groups in total. The minimum atomic E-state index is -0.392. The molecule has 0 spiro atoms. The average molecular weight is 443 g/mol. The molecule has 1 atom stereocenters. The number of piperidine rings is 1. The highest BCUT2D eigenvalue weighted by molar-refractivity contribution is 6.04. The lowest BCUT2D eigenvalue weighted by Crippen LogP contribution is -2.40. The second-order valence-corrected chi connectivity index (χ2v) is 8.64. The van der Waals surface area contributed by atoms with E-state index in [0.717, 1.165) is 37.9 Å². The van der Waals surface area contributed by atoms with Crippen LogP contribution in [-0.2, 0) is 11.2 Å². The van der Waals surface area contributed by atoms with Gasteiger partial charge in [0.1, 0.15) is 0 Å². The van der Waals surface area contributed by atoms with E-state index in [-0.39, 0.29) is 18.2 Å². The molecule has 1 aliphatic heterocycles. The maximum absolute atomic E-state index is 12.8. The molecular formula is C27H30N4O2. The third kappa shape index (κ3) is 6.26. The number of likely N-dealkylation sites (tertiary alicyclic amines) is 1. The van der Waals surface area contributed by atoms with Gasteiger partial charge in [0.25, 0.3) is 5.91 Å². The van der Waals surface area contributed by atoms with Crippen LogP contribution in [0.4, 0.5) is 5.69 Å². The number of anilines is 1. The Morgan fingerprint density at radius 1 is 0.970 bits per heavy atom. The average Bonchev–Trinajstić information content (AvgIpc) is 2.86. The van der Waals surface area contributed by atoms with Crippen molar-refractivity contribution < 1.29 is 9.59 Å². The summed E-state index contributed by atoms with van der Waals surface area (Å²) < 4.78 is 0. The first-order chi connectivity index (χ1) is 16.1. The van der Waals surface area contributed by atoms with Crippen molar-refractivity contribution in [1.29, 1.82) is 0 Å². The van der Waals surface area contributed by atoms with E-state index in [0.29, 0.717) is 17.2 Å². The Labute approximate surface area is 194 Å². The normalized spacial score (nSPS) is 15.1. The van der Waals surface area contributed by atoms with Gasteiger partial charge >= 0.3 is 0 Å². The molecule has 0 radical (unpaired) electrons. The van der Waals surface area contributed by atoms with Crippen molar-refractivity contribution in [3.63, 3.8) is 0 Å². The molecule has 2 amide bonds. The Morgan fingerprint density at radius 2 is 1.64 bits per heavy atom. The number of benzene rings is 2. The van der Waals surface area contributed by atoms with E-state index in [9.17, 15) is 9.59 Å². The van der Waals surface area contributed by atoms with Gasteiger partial charge in [-0.15, -0.1) is 0 Å². The van der Waals surface area contributed by atoms with Crippen LogP contribution in [-0.4, -0.2) is 34.8 Å². The fourth-order valence-corrected chi connectivity index (χ4v) is 4.29. The number of carbonyl (C=O) groups is 2. The Bertz CT molecular complexity index is 1050. The number of nitrogens with zero attached hydrogens (tertiary/aromatic N) is 2. The fourth-order valence-electron chi connectivity index (χ4n) is 4.29. The number of carbonyl (C=O) groups excluding carboxylic acids is 2. The first kappa shape index (κ1) is 22.7. The molecule has 0 saturated carbocycles. The predicted molar refractivity (Wildman–Crippen MR) is 130 cm³/mol. The van der Waals surface area contributed by atoms with Crippen molar-refractivity contribution in [2.45, 2.75) is 31.7 Å². The van der Waals surface area contributed by atoms with Crippen LogP contribution in [0.1, 0.15) is 46.8 Å². The molecule has 0 bridgehead atoms. The lowest BCUT2D eigenvalue weighted by Gasteiger charge is -2.32. The van der Waals surface area contributed by atoms with Gasteiger partial charge in [-0.05, 0) is 60.6 Å². The largest absolute Gasteiger partial charge is 0.343 e. The lowest BCUT2D eigenvalue weighted by molar-refractivity contribution is -0.133. The number of hydrogen-bond donors (Lipinski definition) is 2. The lowest BCUT2D eigenvalue weighted by atomic mass is 9.90. The third-order valence-corrected chi connectivity index (χ3v) is 6.27. The zero-order valence-corrected chi connectivity index (χ0v) is 18.7. The van der Waals surface area contributed by atoms with E-state index in [4.69, 9.17) is 5.73 Å². The summed E-state index contributed by atoms with van der Waals surface area (Å²) >= 11 is 0. The molecule has 1 aliphatic rings. The van der Waals surface area contributed by atoms with Crippen LogP contribution < -0.4 is 11.1 Å². The summed E-state index contributed by atoms with van der Waals surface area (Å²) in [5.41, 5.74) is 9.77. The van der Waals surface area contributed by atoms with Gasteiger partial charge in [-0.2, -0.15) is 0 Å². The van der Waals surface area contributed by atoms with Crippen molar-refractivity contribution >= 4 is 17.5 Å². The topological polar surface area (TPSA) is 88.3 Å². The van der Waals surface area contributed by atoms with Gasteiger partial charge < -0.3 is 16.0 Å². The first-order valence-electron chi connectivity index (χ1n) is 11.5. The van der Waals surface area contributed by atoms with E-state index in [1.54, 1.807) is 36.7 Å². The highest BCUT2D eigenvalue weighted by Crippen LogP contribution is 2.24. The number of nitrogens with two attached hydrogens (primary N) is 1. The van der Waals surface area contributed by atoms with Crippen molar-refractivity contribution in [2.75, 3.05) is 18.4 Å². The summed E-state index contributed by atoms with van der Waals surface area (Å²) in [6, 6.07) is 20.7. The van der Waals surface area contributed by atoms with Crippen molar-refractivity contribution in [3.8, 4) is 0 Å². The molecule has 1 aromatic heterocycles. The quantitative estimate of drug-likeness (QED) is 0.574. The number of amides is 2. The highest BCUT2D eigenvalue weighted by atomic mass is 16.2. The molecule has 0 aliphatic carbocycles. The molecule has 170 valence electrons. The Kier molecular flexibility index (Phi) is 7.47. The molecule has 4 rings (SSSR count). The van der Waals surface area contributed by atoms with Crippen LogP contribution in [0.15, 0.2) is 79.1 Å². The van der Waals surface area contributed by atoms with Crippen molar-refractivity contribution in [2.24, 2.45) is 11.7 Å². The van der Waals surface area contributed by atoms with Crippen molar-refractivity contribution in [1.82, 2.24) is 9.88 Å². The van der Waals surface area contributed by atoms with Crippen LogP contribution in [0.5, 0.6) is 0 Å². The molecule has 1 unspecified atom stereocenters. The summed E-state index contributed by atoms with van der Waals surface area (Å²) in [6.45, 7) is 1.58. The van der Waals surface area contributed by atoms with Crippen LogP contribution in [0, 0.1) is 5.92 Å². The van der Waals surface area contributed by atoms with Gasteiger partial charge in [0.2, 0.25) is 5.91 Å². The molecule has 6 heteroatoms. The number of rotatable bonds is 7. The van der Waals surface area contributed by atoms with Crippen LogP contribution >= 0.6 is 0 Å². The summed E-state index contributed by atoms with van der Waals surface area (Å²) in [4.78, 5) is 31.1. The highest BCUT2D eigenvalue weighted by Gasteiger charge is 2.24. The molecule has 2 heterocycles. The third-order valence-electron chi connectivity index (χ3n) is 6.27. The maximum Gasteiger partial charge on any atom is 0.255 e. The van der Waals surface area contributed by atoms with Crippen molar-refractivity contribution in [3.05, 3.63) is 95.8 Å². The fraction of sp³-hybridized carbons (Fsp3) is 0.296. The first-order valence-corrected chi connectivity index (χ1v) is 11.5. The molecule has 6 nitrogen and oxygen atoms in total. The number of pyridine rings is 1. The van der Waals surface area contributed by atoms with Crippen LogP contribution in [0.2, 0.25) is 0 Å². The Morgan fingerprint density at radius 3 is 2.30 bits per heavy atom. The van der Waals surface area contributed by atoms with E-state index >= 15 is 0 Å². The van der Waals surface area contributed by atoms with Gasteiger partial charge in [0.15, 0.2) is 0 Å². The maximum atomic E-state index is 12.8. The van der Waals surface area contributed by atoms with E-state index in [1.165, 1.54) is 5.56 Å². The van der Waals surface area contributed by atoms with Gasteiger partial charge in [-0.25, -0.2) is 0 Å². The molecule has 2 aromatic carbocycles. The molecule has 1 fully saturated rings. The van der Waals surface area contributed by atoms with Gasteiger partial charge in [-0.3, -0.25) is 14.6 Å². The SMILES string of the molecule is NC(CC(=O)N1CCC(Cc2ccccc2)CC1)c1ccc(C(=O)Nc2ccncc2)cc1. The molecular weight excluding hydrogens is 412 g/mol. The van der Waals surface area contributed by atoms with Gasteiger partial charge in [0.05, 0.1) is 0 Å². The second-order valence-electron chi connectivity index (χ2n) is 8.64. The van der Waals surface area contributed by atoms with E-state index in [1.807, 2.05) is 23.1 Å². The standard InChI is InChI=1S/C27H30N4O2/c28-25(22-6-8-23(9-7-22)27(33)30-24-10-14-29-15-11-24)19-26(32)31-16-12-21(13-17-31)18-20-4-2-1-3-5-20/h1-11,14-15,21,25H,12-13,16-19,28H2,(H,29,30,33). The minimum Gasteiger partial charge on any atom is -0.343 e. The minimum absolute atomic E-state index is 0.0974. The second kappa shape index (κ2) is 10.9. The number of hydrogen-bond acceptors (Lipinski definition) is 4. The molecule has 3 aromatic rings. The summed E-state index contributed by atoms with van der Waals surface area (Å²) in [5.74, 6) is 0.520. The van der Waals surface area contributed by atoms with Gasteiger partial charge in [0, 0.05) is 49.2 Å². The smallest absolute Gasteiger partial charge is 0.255 e. The van der Waals surface area contributed by atoms with Crippen LogP contribution in [0.3, 0.4) is 0 Å². The zero-order chi connectivity index (χ0) is 23.0. The summed E-state index contributed by atoms with van der Waals surface area (Å²) in [7, 11) is 0. The number of nitrogens with one attached hydrogen (secondary N) is 1. The zero-order valence-electron chi connectivity index (χ0n) is 18.7. The summed E-state index contributed by atoms with van der Waals surface area (Å²) in [5, 5.41) is 2.83. The van der Waals surface area contributed by atoms with Crippen LogP contribution in [0.25, 0.3) is 0 Å². The predicted octanol–water partition coefficient (Wildman–Crippen LogP) is 4.21.